The zero-order valence-corrected chi connectivity index (χ0v) is 8.41. The maximum Gasteiger partial charge on any atom is 0.403 e. The summed E-state index contributed by atoms with van der Waals surface area (Å²) < 4.78 is 36.9. The average Bonchev–Trinajstić information content (AvgIpc) is 2.04. The second kappa shape index (κ2) is 5.47. The fraction of sp³-hybridized carbons (Fsp3) is 1.00. The zero-order chi connectivity index (χ0) is 10.5. The highest BCUT2D eigenvalue weighted by Gasteiger charge is 2.39. The Hall–Kier alpha value is -0.250. The van der Waals surface area contributed by atoms with Gasteiger partial charge in [0.15, 0.2) is 0 Å². The molecule has 1 unspecified atom stereocenters. The van der Waals surface area contributed by atoms with E-state index in [9.17, 15) is 13.2 Å². The van der Waals surface area contributed by atoms with Crippen LogP contribution in [0.25, 0.3) is 0 Å². The number of alkyl halides is 3. The van der Waals surface area contributed by atoms with Gasteiger partial charge < -0.3 is 5.32 Å². The summed E-state index contributed by atoms with van der Waals surface area (Å²) in [6.45, 7) is 3.86. The molecule has 80 valence electrons. The van der Waals surface area contributed by atoms with Crippen LogP contribution in [0, 0.1) is 5.92 Å². The molecule has 0 aliphatic rings. The van der Waals surface area contributed by atoms with Crippen LogP contribution in [0.5, 0.6) is 0 Å². The van der Waals surface area contributed by atoms with Crippen LogP contribution in [0.2, 0.25) is 0 Å². The summed E-state index contributed by atoms with van der Waals surface area (Å²) in [6, 6.07) is -1.35. The standard InChI is InChI=1S/C9H18F3N/c1-4-7(5-2)6-8(13-3)9(10,11)12/h7-8,13H,4-6H2,1-3H3. The highest BCUT2D eigenvalue weighted by atomic mass is 19.4. The van der Waals surface area contributed by atoms with Gasteiger partial charge in [-0.2, -0.15) is 13.2 Å². The van der Waals surface area contributed by atoms with E-state index in [4.69, 9.17) is 0 Å². The Morgan fingerprint density at radius 1 is 1.15 bits per heavy atom. The van der Waals surface area contributed by atoms with E-state index >= 15 is 0 Å². The lowest BCUT2D eigenvalue weighted by molar-refractivity contribution is -0.158. The van der Waals surface area contributed by atoms with E-state index in [0.717, 1.165) is 12.8 Å². The van der Waals surface area contributed by atoms with Crippen molar-refractivity contribution in [1.82, 2.24) is 5.32 Å². The quantitative estimate of drug-likeness (QED) is 0.714. The van der Waals surface area contributed by atoms with Crippen LogP contribution in [-0.2, 0) is 0 Å². The third-order valence-electron chi connectivity index (χ3n) is 2.47. The molecular formula is C9H18F3N. The fourth-order valence-corrected chi connectivity index (χ4v) is 1.37. The Labute approximate surface area is 77.7 Å². The zero-order valence-electron chi connectivity index (χ0n) is 8.41. The van der Waals surface area contributed by atoms with E-state index in [1.54, 1.807) is 0 Å². The molecule has 0 fully saturated rings. The van der Waals surface area contributed by atoms with E-state index in [1.165, 1.54) is 7.05 Å². The van der Waals surface area contributed by atoms with Crippen LogP contribution in [-0.4, -0.2) is 19.3 Å². The SMILES string of the molecule is CCC(CC)CC(NC)C(F)(F)F. The van der Waals surface area contributed by atoms with Crippen LogP contribution in [0.1, 0.15) is 33.1 Å². The van der Waals surface area contributed by atoms with E-state index < -0.39 is 12.2 Å². The van der Waals surface area contributed by atoms with Crippen molar-refractivity contribution in [3.05, 3.63) is 0 Å². The van der Waals surface area contributed by atoms with Crippen molar-refractivity contribution in [3.8, 4) is 0 Å². The molecule has 0 spiro atoms. The number of hydrogen-bond donors (Lipinski definition) is 1. The second-order valence-corrected chi connectivity index (χ2v) is 3.30. The van der Waals surface area contributed by atoms with Gasteiger partial charge in [-0.3, -0.25) is 0 Å². The predicted octanol–water partition coefficient (Wildman–Crippen LogP) is 2.96. The molecule has 0 aromatic heterocycles. The Morgan fingerprint density at radius 3 is 1.85 bits per heavy atom. The largest absolute Gasteiger partial charge is 0.403 e. The van der Waals surface area contributed by atoms with Gasteiger partial charge in [0.2, 0.25) is 0 Å². The fourth-order valence-electron chi connectivity index (χ4n) is 1.37. The Bertz CT molecular complexity index is 129. The van der Waals surface area contributed by atoms with Gasteiger partial charge in [-0.1, -0.05) is 26.7 Å². The van der Waals surface area contributed by atoms with Crippen LogP contribution in [0.3, 0.4) is 0 Å². The van der Waals surface area contributed by atoms with Gasteiger partial charge >= 0.3 is 6.18 Å². The molecule has 0 aromatic carbocycles. The van der Waals surface area contributed by atoms with Gasteiger partial charge in [-0.05, 0) is 19.4 Å². The lowest BCUT2D eigenvalue weighted by atomic mass is 9.94. The molecule has 0 radical (unpaired) electrons. The van der Waals surface area contributed by atoms with E-state index in [0.29, 0.717) is 0 Å². The molecule has 1 atom stereocenters. The third kappa shape index (κ3) is 4.50. The first kappa shape index (κ1) is 12.8. The van der Waals surface area contributed by atoms with Crippen LogP contribution in [0.4, 0.5) is 13.2 Å². The first-order chi connectivity index (χ1) is 5.95. The Morgan fingerprint density at radius 2 is 1.62 bits per heavy atom. The minimum Gasteiger partial charge on any atom is -0.309 e. The van der Waals surface area contributed by atoms with Crippen LogP contribution >= 0.6 is 0 Å². The van der Waals surface area contributed by atoms with Crippen LogP contribution < -0.4 is 5.32 Å². The molecule has 0 saturated carbocycles. The van der Waals surface area contributed by atoms with Crippen molar-refractivity contribution in [2.24, 2.45) is 5.92 Å². The number of hydrogen-bond acceptors (Lipinski definition) is 1. The lowest BCUT2D eigenvalue weighted by Crippen LogP contribution is -2.41. The molecule has 0 saturated heterocycles. The number of halogens is 3. The number of rotatable bonds is 5. The van der Waals surface area contributed by atoms with E-state index in [1.807, 2.05) is 13.8 Å². The third-order valence-corrected chi connectivity index (χ3v) is 2.47. The first-order valence-corrected chi connectivity index (χ1v) is 4.69. The molecule has 0 heterocycles. The highest BCUT2D eigenvalue weighted by molar-refractivity contribution is 4.76. The summed E-state index contributed by atoms with van der Waals surface area (Å²) in [5, 5.41) is 2.32. The normalized spacial score (nSPS) is 15.0. The van der Waals surface area contributed by atoms with Gasteiger partial charge in [0.05, 0.1) is 0 Å². The van der Waals surface area contributed by atoms with Gasteiger partial charge in [0.25, 0.3) is 0 Å². The molecular weight excluding hydrogens is 179 g/mol. The van der Waals surface area contributed by atoms with Crippen molar-refractivity contribution in [3.63, 3.8) is 0 Å². The van der Waals surface area contributed by atoms with Crippen LogP contribution in [0.15, 0.2) is 0 Å². The van der Waals surface area contributed by atoms with Crippen molar-refractivity contribution >= 4 is 0 Å². The Balaban J connectivity index is 4.11. The molecule has 1 N–H and O–H groups in total. The van der Waals surface area contributed by atoms with Gasteiger partial charge in [0.1, 0.15) is 6.04 Å². The molecule has 13 heavy (non-hydrogen) atoms. The summed E-state index contributed by atoms with van der Waals surface area (Å²) in [7, 11) is 1.36. The summed E-state index contributed by atoms with van der Waals surface area (Å²) >= 11 is 0. The predicted molar refractivity (Wildman–Crippen MR) is 47.6 cm³/mol. The summed E-state index contributed by atoms with van der Waals surface area (Å²) in [6.07, 6.45) is -2.31. The first-order valence-electron chi connectivity index (χ1n) is 4.69. The monoisotopic (exact) mass is 197 g/mol. The minimum absolute atomic E-state index is 0.166. The average molecular weight is 197 g/mol. The Kier molecular flexibility index (Phi) is 5.37. The minimum atomic E-state index is -4.11. The maximum atomic E-state index is 12.3. The number of nitrogens with one attached hydrogen (secondary N) is 1. The molecule has 0 aromatic rings. The van der Waals surface area contributed by atoms with Gasteiger partial charge in [0, 0.05) is 0 Å². The van der Waals surface area contributed by atoms with Crippen molar-refractivity contribution in [2.75, 3.05) is 7.05 Å². The molecule has 0 bridgehead atoms. The van der Waals surface area contributed by atoms with E-state index in [2.05, 4.69) is 5.32 Å². The van der Waals surface area contributed by atoms with Gasteiger partial charge in [-0.15, -0.1) is 0 Å². The highest BCUT2D eigenvalue weighted by Crippen LogP contribution is 2.27. The lowest BCUT2D eigenvalue weighted by Gasteiger charge is -2.23. The molecule has 0 amide bonds. The van der Waals surface area contributed by atoms with Crippen molar-refractivity contribution < 1.29 is 13.2 Å². The summed E-state index contributed by atoms with van der Waals surface area (Å²) in [5.41, 5.74) is 0. The second-order valence-electron chi connectivity index (χ2n) is 3.30. The smallest absolute Gasteiger partial charge is 0.309 e. The van der Waals surface area contributed by atoms with Crippen molar-refractivity contribution in [1.29, 1.82) is 0 Å². The molecule has 0 aliphatic carbocycles. The summed E-state index contributed by atoms with van der Waals surface area (Å²) in [5.74, 6) is 0.166. The summed E-state index contributed by atoms with van der Waals surface area (Å²) in [4.78, 5) is 0. The maximum absolute atomic E-state index is 12.3. The van der Waals surface area contributed by atoms with Crippen molar-refractivity contribution in [2.45, 2.75) is 45.3 Å². The molecule has 0 rings (SSSR count). The molecule has 0 aliphatic heterocycles. The molecule has 1 nitrogen and oxygen atoms in total. The van der Waals surface area contributed by atoms with E-state index in [-0.39, 0.29) is 12.3 Å². The van der Waals surface area contributed by atoms with Gasteiger partial charge in [-0.25, -0.2) is 0 Å². The topological polar surface area (TPSA) is 12.0 Å². The molecule has 4 heteroatoms.